The molecule has 0 aromatic carbocycles. The summed E-state index contributed by atoms with van der Waals surface area (Å²) < 4.78 is 0. The van der Waals surface area contributed by atoms with Gasteiger partial charge in [0, 0.05) is 12.5 Å². The Balaban J connectivity index is 4.04. The molecule has 1 heteroatoms. The average Bonchev–Trinajstić information content (AvgIpc) is 1.84. The van der Waals surface area contributed by atoms with E-state index in [-0.39, 0.29) is 0 Å². The third kappa shape index (κ3) is 1.92. The molecule has 0 spiro atoms. The lowest BCUT2D eigenvalue weighted by molar-refractivity contribution is -0.419. The summed E-state index contributed by atoms with van der Waals surface area (Å²) >= 11 is 0. The van der Waals surface area contributed by atoms with E-state index in [4.69, 9.17) is 0 Å². The van der Waals surface area contributed by atoms with Crippen molar-refractivity contribution in [2.75, 3.05) is 7.05 Å². The zero-order chi connectivity index (χ0) is 6.57. The first-order valence-corrected chi connectivity index (χ1v) is 2.87. The second-order valence-electron chi connectivity index (χ2n) is 1.85. The molecule has 0 amide bonds. The molecule has 8 heavy (non-hydrogen) atoms. The van der Waals surface area contributed by atoms with E-state index in [0.29, 0.717) is 0 Å². The van der Waals surface area contributed by atoms with Gasteiger partial charge in [-0.3, -0.25) is 0 Å². The monoisotopic (exact) mass is 112 g/mol. The molecule has 0 unspecified atom stereocenters. The normalized spacial score (nSPS) is 14.5. The zero-order valence-corrected chi connectivity index (χ0v) is 6.08. The van der Waals surface area contributed by atoms with E-state index in [2.05, 4.69) is 24.9 Å². The predicted molar refractivity (Wildman–Crippen MR) is 37.0 cm³/mol. The number of allylic oxidation sites excluding steroid dienone is 2. The molecule has 46 valence electrons. The van der Waals surface area contributed by atoms with Crippen LogP contribution in [0.25, 0.3) is 0 Å². The third-order valence-electron chi connectivity index (χ3n) is 1.40. The molecular weight excluding hydrogens is 98.1 g/mol. The van der Waals surface area contributed by atoms with Crippen molar-refractivity contribution in [3.05, 3.63) is 11.6 Å². The second kappa shape index (κ2) is 3.42. The van der Waals surface area contributed by atoms with Crippen LogP contribution in [0.1, 0.15) is 20.8 Å². The first-order chi connectivity index (χ1) is 3.72. The average molecular weight is 112 g/mol. The molecule has 1 nitrogen and oxygen atoms in total. The van der Waals surface area contributed by atoms with Gasteiger partial charge in [0.15, 0.2) is 5.71 Å². The zero-order valence-electron chi connectivity index (χ0n) is 6.08. The standard InChI is InChI=1S/C7H13N/c1-5-6(2)7(3)8-4/h5H,1-4H3/p+1/b6-5+,8-7?. The molecule has 0 bridgehead atoms. The minimum Gasteiger partial charge on any atom is -0.248 e. The van der Waals surface area contributed by atoms with Gasteiger partial charge in [0.2, 0.25) is 0 Å². The minimum absolute atomic E-state index is 1.24. The Hall–Kier alpha value is -0.590. The van der Waals surface area contributed by atoms with Crippen LogP contribution >= 0.6 is 0 Å². The van der Waals surface area contributed by atoms with Crippen molar-refractivity contribution in [1.29, 1.82) is 0 Å². The number of rotatable bonds is 1. The fourth-order valence-corrected chi connectivity index (χ4v) is 0.414. The van der Waals surface area contributed by atoms with E-state index >= 15 is 0 Å². The highest BCUT2D eigenvalue weighted by atomic mass is 14.7. The van der Waals surface area contributed by atoms with E-state index in [1.54, 1.807) is 0 Å². The van der Waals surface area contributed by atoms with Crippen LogP contribution in [0.15, 0.2) is 11.6 Å². The molecule has 0 aromatic rings. The van der Waals surface area contributed by atoms with Crippen LogP contribution in [-0.2, 0) is 0 Å². The summed E-state index contributed by atoms with van der Waals surface area (Å²) in [6.45, 7) is 6.19. The van der Waals surface area contributed by atoms with Crippen LogP contribution in [0.2, 0.25) is 0 Å². The summed E-state index contributed by atoms with van der Waals surface area (Å²) in [4.78, 5) is 3.06. The Kier molecular flexibility index (Phi) is 3.16. The SMILES string of the molecule is C/C=C(\C)C(C)=[NH+]C. The Bertz CT molecular complexity index is 104. The van der Waals surface area contributed by atoms with Gasteiger partial charge in [-0.2, -0.15) is 0 Å². The van der Waals surface area contributed by atoms with Crippen molar-refractivity contribution in [1.82, 2.24) is 0 Å². The van der Waals surface area contributed by atoms with Crippen LogP contribution in [0.5, 0.6) is 0 Å². The Labute approximate surface area is 51.1 Å². The number of hydrogen-bond acceptors (Lipinski definition) is 0. The van der Waals surface area contributed by atoms with Crippen molar-refractivity contribution < 1.29 is 4.99 Å². The van der Waals surface area contributed by atoms with Gasteiger partial charge in [0.05, 0.1) is 0 Å². The molecule has 0 aromatic heterocycles. The maximum Gasteiger partial charge on any atom is 0.173 e. The van der Waals surface area contributed by atoms with Crippen LogP contribution in [0.4, 0.5) is 0 Å². The van der Waals surface area contributed by atoms with Crippen molar-refractivity contribution in [3.63, 3.8) is 0 Å². The summed E-state index contributed by atoms with van der Waals surface area (Å²) in [5.74, 6) is 0. The topological polar surface area (TPSA) is 14.0 Å². The summed E-state index contributed by atoms with van der Waals surface area (Å²) in [6.07, 6.45) is 2.09. The van der Waals surface area contributed by atoms with E-state index in [9.17, 15) is 0 Å². The maximum atomic E-state index is 3.06. The Morgan fingerprint density at radius 3 is 2.00 bits per heavy atom. The predicted octanol–water partition coefficient (Wildman–Crippen LogP) is 0.124. The molecule has 0 saturated heterocycles. The first kappa shape index (κ1) is 7.41. The smallest absolute Gasteiger partial charge is 0.173 e. The lowest BCUT2D eigenvalue weighted by atomic mass is 10.2. The van der Waals surface area contributed by atoms with E-state index in [0.717, 1.165) is 0 Å². The molecule has 0 fully saturated rings. The number of nitrogens with one attached hydrogen (secondary N) is 1. The highest BCUT2D eigenvalue weighted by molar-refractivity contribution is 5.92. The van der Waals surface area contributed by atoms with Gasteiger partial charge in [-0.25, -0.2) is 4.99 Å². The van der Waals surface area contributed by atoms with Gasteiger partial charge < -0.3 is 0 Å². The minimum atomic E-state index is 1.24. The van der Waals surface area contributed by atoms with E-state index in [1.807, 2.05) is 14.0 Å². The molecule has 0 saturated carbocycles. The molecule has 0 aliphatic carbocycles. The summed E-state index contributed by atoms with van der Waals surface area (Å²) in [5, 5.41) is 0. The van der Waals surface area contributed by atoms with Crippen LogP contribution in [-0.4, -0.2) is 12.8 Å². The quantitative estimate of drug-likeness (QED) is 0.463. The molecule has 0 rings (SSSR count). The van der Waals surface area contributed by atoms with Gasteiger partial charge >= 0.3 is 0 Å². The Morgan fingerprint density at radius 2 is 1.88 bits per heavy atom. The summed E-state index contributed by atoms with van der Waals surface area (Å²) in [7, 11) is 1.93. The van der Waals surface area contributed by atoms with E-state index in [1.165, 1.54) is 11.3 Å². The fourth-order valence-electron chi connectivity index (χ4n) is 0.414. The second-order valence-corrected chi connectivity index (χ2v) is 1.85. The number of hydrogen-bond donors (Lipinski definition) is 1. The van der Waals surface area contributed by atoms with Crippen LogP contribution < -0.4 is 4.99 Å². The van der Waals surface area contributed by atoms with Crippen molar-refractivity contribution in [3.8, 4) is 0 Å². The Morgan fingerprint density at radius 1 is 1.38 bits per heavy atom. The van der Waals surface area contributed by atoms with Crippen LogP contribution in [0, 0.1) is 0 Å². The maximum absolute atomic E-state index is 3.06. The molecular formula is C7H14N+. The fraction of sp³-hybridized carbons (Fsp3) is 0.571. The molecule has 0 atom stereocenters. The lowest BCUT2D eigenvalue weighted by Crippen LogP contribution is -2.67. The summed E-state index contributed by atoms with van der Waals surface area (Å²) in [6, 6.07) is 0. The van der Waals surface area contributed by atoms with Crippen molar-refractivity contribution >= 4 is 5.71 Å². The van der Waals surface area contributed by atoms with Crippen molar-refractivity contribution in [2.45, 2.75) is 20.8 Å². The van der Waals surface area contributed by atoms with Crippen LogP contribution in [0.3, 0.4) is 0 Å². The van der Waals surface area contributed by atoms with Gasteiger partial charge in [0.1, 0.15) is 7.05 Å². The van der Waals surface area contributed by atoms with Gasteiger partial charge in [0.25, 0.3) is 0 Å². The third-order valence-corrected chi connectivity index (χ3v) is 1.40. The van der Waals surface area contributed by atoms with E-state index < -0.39 is 0 Å². The van der Waals surface area contributed by atoms with Gasteiger partial charge in [-0.1, -0.05) is 6.08 Å². The molecule has 0 heterocycles. The highest BCUT2D eigenvalue weighted by Gasteiger charge is 1.93. The van der Waals surface area contributed by atoms with Gasteiger partial charge in [-0.05, 0) is 13.8 Å². The summed E-state index contributed by atoms with van der Waals surface area (Å²) in [5.41, 5.74) is 2.56. The largest absolute Gasteiger partial charge is 0.248 e. The van der Waals surface area contributed by atoms with Crippen molar-refractivity contribution in [2.24, 2.45) is 0 Å². The lowest BCUT2D eigenvalue weighted by Gasteiger charge is -1.87. The van der Waals surface area contributed by atoms with Gasteiger partial charge in [-0.15, -0.1) is 0 Å². The first-order valence-electron chi connectivity index (χ1n) is 2.87. The molecule has 0 radical (unpaired) electrons. The molecule has 0 aliphatic rings. The molecule has 1 N–H and O–H groups in total. The molecule has 0 aliphatic heterocycles. The highest BCUT2D eigenvalue weighted by Crippen LogP contribution is 1.88.